The number of para-hydroxylation sites is 1. The first kappa shape index (κ1) is 11.3. The highest BCUT2D eigenvalue weighted by atomic mass is 19.1. The minimum absolute atomic E-state index is 0.181. The van der Waals surface area contributed by atoms with Crippen LogP contribution in [0.3, 0.4) is 0 Å². The van der Waals surface area contributed by atoms with Gasteiger partial charge < -0.3 is 5.32 Å². The zero-order valence-corrected chi connectivity index (χ0v) is 9.44. The number of nitrogens with zero attached hydrogens (tertiary/aromatic N) is 3. The quantitative estimate of drug-likeness (QED) is 0.845. The number of nitrogens with one attached hydrogen (secondary N) is 1. The molecule has 5 nitrogen and oxygen atoms in total. The highest BCUT2D eigenvalue weighted by Gasteiger charge is 2.10. The van der Waals surface area contributed by atoms with Crippen molar-refractivity contribution in [3.05, 3.63) is 46.4 Å². The lowest BCUT2D eigenvalue weighted by Crippen LogP contribution is -2.24. The van der Waals surface area contributed by atoms with Crippen LogP contribution >= 0.6 is 0 Å². The van der Waals surface area contributed by atoms with Crippen LogP contribution in [0.25, 0.3) is 5.69 Å². The Bertz CT molecular complexity index is 588. The first-order valence-electron chi connectivity index (χ1n) is 5.02. The van der Waals surface area contributed by atoms with E-state index >= 15 is 0 Å². The first-order chi connectivity index (χ1) is 8.13. The third-order valence-corrected chi connectivity index (χ3v) is 2.36. The van der Waals surface area contributed by atoms with Crippen molar-refractivity contribution in [1.82, 2.24) is 14.5 Å². The van der Waals surface area contributed by atoms with Gasteiger partial charge in [-0.15, -0.1) is 0 Å². The van der Waals surface area contributed by atoms with Gasteiger partial charge >= 0.3 is 5.69 Å². The van der Waals surface area contributed by atoms with Gasteiger partial charge in [0.05, 0.1) is 5.69 Å². The van der Waals surface area contributed by atoms with Crippen LogP contribution in [-0.2, 0) is 0 Å². The highest BCUT2D eigenvalue weighted by Crippen LogP contribution is 2.15. The number of hydrogen-bond donors (Lipinski definition) is 1. The van der Waals surface area contributed by atoms with Gasteiger partial charge in [-0.05, 0) is 18.6 Å². The molecule has 0 saturated carbocycles. The highest BCUT2D eigenvalue weighted by molar-refractivity contribution is 5.41. The normalized spacial score (nSPS) is 10.3. The van der Waals surface area contributed by atoms with Crippen molar-refractivity contribution in [2.24, 2.45) is 0 Å². The molecule has 1 N–H and O–H groups in total. The lowest BCUT2D eigenvalue weighted by atomic mass is 10.2. The molecule has 0 aliphatic carbocycles. The van der Waals surface area contributed by atoms with E-state index in [0.29, 0.717) is 5.56 Å². The molecule has 0 aliphatic heterocycles. The first-order valence-corrected chi connectivity index (χ1v) is 5.02. The zero-order valence-electron chi connectivity index (χ0n) is 9.44. The van der Waals surface area contributed by atoms with Gasteiger partial charge in [0.2, 0.25) is 5.95 Å². The van der Waals surface area contributed by atoms with Crippen LogP contribution in [0.1, 0.15) is 5.56 Å². The molecule has 0 aliphatic rings. The molecule has 1 heterocycles. The van der Waals surface area contributed by atoms with Gasteiger partial charge in [0.1, 0.15) is 12.1 Å². The maximum absolute atomic E-state index is 13.7. The van der Waals surface area contributed by atoms with E-state index in [1.807, 2.05) is 0 Å². The number of halogens is 1. The summed E-state index contributed by atoms with van der Waals surface area (Å²) in [4.78, 5) is 19.3. The Balaban J connectivity index is 2.65. The maximum atomic E-state index is 13.7. The smallest absolute Gasteiger partial charge is 0.356 e. The summed E-state index contributed by atoms with van der Waals surface area (Å²) in [6, 6.07) is 4.60. The fourth-order valence-electron chi connectivity index (χ4n) is 1.54. The Hall–Kier alpha value is -2.24. The average Bonchev–Trinajstić information content (AvgIpc) is 2.30. The van der Waals surface area contributed by atoms with Crippen molar-refractivity contribution in [1.29, 1.82) is 0 Å². The molecule has 2 aromatic rings. The molecule has 0 atom stereocenters. The van der Waals surface area contributed by atoms with E-state index in [1.165, 1.54) is 12.4 Å². The lowest BCUT2D eigenvalue weighted by Gasteiger charge is -2.09. The number of hydrogen-bond acceptors (Lipinski definition) is 4. The summed E-state index contributed by atoms with van der Waals surface area (Å²) >= 11 is 0. The number of aryl methyl sites for hydroxylation is 1. The van der Waals surface area contributed by atoms with Crippen LogP contribution in [-0.4, -0.2) is 21.6 Å². The molecule has 6 heteroatoms. The van der Waals surface area contributed by atoms with Crippen molar-refractivity contribution in [3.8, 4) is 5.69 Å². The second-order valence-corrected chi connectivity index (χ2v) is 3.49. The topological polar surface area (TPSA) is 59.8 Å². The number of benzene rings is 1. The Morgan fingerprint density at radius 3 is 2.76 bits per heavy atom. The number of anilines is 1. The van der Waals surface area contributed by atoms with Gasteiger partial charge in [0.15, 0.2) is 0 Å². The van der Waals surface area contributed by atoms with E-state index in [4.69, 9.17) is 0 Å². The monoisotopic (exact) mass is 234 g/mol. The molecule has 1 aromatic carbocycles. The standard InChI is InChI=1S/C11H11FN4O/c1-7-4-3-5-8(12)9(7)16-6-14-10(13-2)15-11(16)17/h3-6H,1-2H3,(H,13,15,17). The molecule has 0 spiro atoms. The average molecular weight is 234 g/mol. The molecule has 0 radical (unpaired) electrons. The predicted octanol–water partition coefficient (Wildman–Crippen LogP) is 1.12. The number of aromatic nitrogens is 3. The fourth-order valence-corrected chi connectivity index (χ4v) is 1.54. The molecule has 0 bridgehead atoms. The van der Waals surface area contributed by atoms with Gasteiger partial charge in [-0.1, -0.05) is 12.1 Å². The molecule has 0 amide bonds. The largest absolute Gasteiger partial charge is 0.357 e. The van der Waals surface area contributed by atoms with Gasteiger partial charge in [0, 0.05) is 7.05 Å². The number of rotatable bonds is 2. The van der Waals surface area contributed by atoms with Crippen LogP contribution in [0.4, 0.5) is 10.3 Å². The lowest BCUT2D eigenvalue weighted by molar-refractivity contribution is 0.611. The molecule has 1 aromatic heterocycles. The van der Waals surface area contributed by atoms with Gasteiger partial charge in [0.25, 0.3) is 0 Å². The van der Waals surface area contributed by atoms with Gasteiger partial charge in [-0.25, -0.2) is 18.7 Å². The summed E-state index contributed by atoms with van der Waals surface area (Å²) in [5.41, 5.74) is 0.255. The Labute approximate surface area is 97.0 Å². The molecule has 0 fully saturated rings. The molecule has 0 saturated heterocycles. The third kappa shape index (κ3) is 2.01. The maximum Gasteiger partial charge on any atom is 0.356 e. The second-order valence-electron chi connectivity index (χ2n) is 3.49. The molecular formula is C11H11FN4O. The minimum Gasteiger partial charge on any atom is -0.357 e. The Morgan fingerprint density at radius 1 is 1.41 bits per heavy atom. The van der Waals surface area contributed by atoms with Crippen molar-refractivity contribution >= 4 is 5.95 Å². The summed E-state index contributed by atoms with van der Waals surface area (Å²) < 4.78 is 14.8. The molecule has 2 rings (SSSR count). The van der Waals surface area contributed by atoms with Crippen LogP contribution in [0.5, 0.6) is 0 Å². The van der Waals surface area contributed by atoms with E-state index < -0.39 is 11.5 Å². The minimum atomic E-state index is -0.572. The van der Waals surface area contributed by atoms with Crippen molar-refractivity contribution in [2.45, 2.75) is 6.92 Å². The summed E-state index contributed by atoms with van der Waals surface area (Å²) in [6.45, 7) is 1.72. The van der Waals surface area contributed by atoms with E-state index in [0.717, 1.165) is 4.57 Å². The Morgan fingerprint density at radius 2 is 2.18 bits per heavy atom. The third-order valence-electron chi connectivity index (χ3n) is 2.36. The molecule has 17 heavy (non-hydrogen) atoms. The summed E-state index contributed by atoms with van der Waals surface area (Å²) in [5, 5.41) is 2.65. The van der Waals surface area contributed by atoms with Crippen molar-refractivity contribution in [3.63, 3.8) is 0 Å². The predicted molar refractivity (Wildman–Crippen MR) is 61.9 cm³/mol. The van der Waals surface area contributed by atoms with E-state index in [1.54, 1.807) is 26.1 Å². The van der Waals surface area contributed by atoms with Crippen molar-refractivity contribution in [2.75, 3.05) is 12.4 Å². The van der Waals surface area contributed by atoms with Crippen LogP contribution < -0.4 is 11.0 Å². The van der Waals surface area contributed by atoms with Gasteiger partial charge in [-0.3, -0.25) is 0 Å². The molecule has 0 unspecified atom stereocenters. The van der Waals surface area contributed by atoms with E-state index in [-0.39, 0.29) is 11.6 Å². The van der Waals surface area contributed by atoms with E-state index in [9.17, 15) is 9.18 Å². The Kier molecular flexibility index (Phi) is 2.86. The van der Waals surface area contributed by atoms with Crippen LogP contribution in [0.15, 0.2) is 29.3 Å². The fraction of sp³-hybridized carbons (Fsp3) is 0.182. The van der Waals surface area contributed by atoms with Crippen LogP contribution in [0.2, 0.25) is 0 Å². The van der Waals surface area contributed by atoms with Crippen molar-refractivity contribution < 1.29 is 4.39 Å². The zero-order chi connectivity index (χ0) is 12.4. The molecule has 88 valence electrons. The summed E-state index contributed by atoms with van der Waals surface area (Å²) in [7, 11) is 1.60. The summed E-state index contributed by atoms with van der Waals surface area (Å²) in [5.74, 6) is -0.270. The molecular weight excluding hydrogens is 223 g/mol. The second kappa shape index (κ2) is 4.32. The van der Waals surface area contributed by atoms with E-state index in [2.05, 4.69) is 15.3 Å². The summed E-state index contributed by atoms with van der Waals surface area (Å²) in [6.07, 6.45) is 1.26. The van der Waals surface area contributed by atoms with Gasteiger partial charge in [-0.2, -0.15) is 4.98 Å². The van der Waals surface area contributed by atoms with Crippen LogP contribution in [0, 0.1) is 12.7 Å². The SMILES string of the molecule is CNc1ncn(-c2c(C)cccc2F)c(=O)n1.